The van der Waals surface area contributed by atoms with Crippen LogP contribution in [0.15, 0.2) is 18.2 Å². The number of nitrogens with zero attached hydrogens (tertiary/aromatic N) is 2. The van der Waals surface area contributed by atoms with Crippen molar-refractivity contribution in [2.45, 2.75) is 38.9 Å². The summed E-state index contributed by atoms with van der Waals surface area (Å²) >= 11 is 0. The molecule has 1 heterocycles. The van der Waals surface area contributed by atoms with Crippen molar-refractivity contribution >= 4 is 11.8 Å². The van der Waals surface area contributed by atoms with Crippen molar-refractivity contribution in [1.82, 2.24) is 4.90 Å². The summed E-state index contributed by atoms with van der Waals surface area (Å²) in [4.78, 5) is 23.7. The Morgan fingerprint density at radius 2 is 2.13 bits per heavy atom. The lowest BCUT2D eigenvalue weighted by molar-refractivity contribution is -0.386. The first-order chi connectivity index (χ1) is 10.7. The third-order valence-corrected chi connectivity index (χ3v) is 3.21. The lowest BCUT2D eigenvalue weighted by atomic mass is 10.2. The predicted octanol–water partition coefficient (Wildman–Crippen LogP) is 3.12. The number of ether oxygens (including phenoxy) is 2. The van der Waals surface area contributed by atoms with Crippen LogP contribution in [-0.2, 0) is 4.74 Å². The molecule has 1 unspecified atom stereocenters. The van der Waals surface area contributed by atoms with E-state index in [4.69, 9.17) is 9.47 Å². The van der Waals surface area contributed by atoms with E-state index in [-0.39, 0.29) is 12.3 Å². The molecule has 1 amide bonds. The molecule has 126 valence electrons. The molecule has 0 bridgehead atoms. The molecular formula is C15H19FN2O5. The lowest BCUT2D eigenvalue weighted by Gasteiger charge is -2.24. The lowest BCUT2D eigenvalue weighted by Crippen LogP contribution is -2.36. The average molecular weight is 326 g/mol. The zero-order valence-corrected chi connectivity index (χ0v) is 13.2. The molecule has 1 aliphatic heterocycles. The zero-order chi connectivity index (χ0) is 17.2. The SMILES string of the molecule is CC(C)(C)OC(=O)N1CCC(Oc2ccc(F)cc2[N+](=O)[O-])C1. The summed E-state index contributed by atoms with van der Waals surface area (Å²) in [5.41, 5.74) is -1.02. The van der Waals surface area contributed by atoms with Crippen LogP contribution in [0.25, 0.3) is 0 Å². The van der Waals surface area contributed by atoms with Crippen LogP contribution in [0.2, 0.25) is 0 Å². The van der Waals surface area contributed by atoms with E-state index < -0.39 is 34.2 Å². The van der Waals surface area contributed by atoms with Gasteiger partial charge in [-0.3, -0.25) is 10.1 Å². The molecule has 0 aliphatic carbocycles. The van der Waals surface area contributed by atoms with E-state index in [1.807, 2.05) is 0 Å². The van der Waals surface area contributed by atoms with Crippen LogP contribution in [-0.4, -0.2) is 40.7 Å². The molecule has 0 N–H and O–H groups in total. The van der Waals surface area contributed by atoms with Crippen LogP contribution in [0.1, 0.15) is 27.2 Å². The number of amides is 1. The molecular weight excluding hydrogens is 307 g/mol. The quantitative estimate of drug-likeness (QED) is 0.629. The van der Waals surface area contributed by atoms with E-state index in [1.54, 1.807) is 20.8 Å². The maximum absolute atomic E-state index is 13.1. The highest BCUT2D eigenvalue weighted by atomic mass is 19.1. The van der Waals surface area contributed by atoms with Gasteiger partial charge < -0.3 is 14.4 Å². The van der Waals surface area contributed by atoms with Crippen molar-refractivity contribution in [1.29, 1.82) is 0 Å². The molecule has 23 heavy (non-hydrogen) atoms. The first-order valence-corrected chi connectivity index (χ1v) is 7.24. The molecule has 2 rings (SSSR count). The Morgan fingerprint density at radius 1 is 1.43 bits per heavy atom. The monoisotopic (exact) mass is 326 g/mol. The summed E-state index contributed by atoms with van der Waals surface area (Å²) in [6.45, 7) is 6.03. The van der Waals surface area contributed by atoms with Crippen molar-refractivity contribution in [3.8, 4) is 5.75 Å². The van der Waals surface area contributed by atoms with Crippen molar-refractivity contribution < 1.29 is 23.6 Å². The number of rotatable bonds is 3. The zero-order valence-electron chi connectivity index (χ0n) is 13.2. The number of carbonyl (C=O) groups is 1. The van der Waals surface area contributed by atoms with E-state index >= 15 is 0 Å². The van der Waals surface area contributed by atoms with Crippen molar-refractivity contribution in [3.63, 3.8) is 0 Å². The fourth-order valence-corrected chi connectivity index (χ4v) is 2.23. The third-order valence-electron chi connectivity index (χ3n) is 3.21. The van der Waals surface area contributed by atoms with Gasteiger partial charge in [0.15, 0.2) is 5.75 Å². The number of nitro groups is 1. The summed E-state index contributed by atoms with van der Waals surface area (Å²) in [6.07, 6.45) is -0.322. The highest BCUT2D eigenvalue weighted by Gasteiger charge is 2.32. The smallest absolute Gasteiger partial charge is 0.410 e. The second-order valence-corrected chi connectivity index (χ2v) is 6.32. The highest BCUT2D eigenvalue weighted by Crippen LogP contribution is 2.30. The number of hydrogen-bond donors (Lipinski definition) is 0. The number of benzene rings is 1. The number of nitro benzene ring substituents is 1. The molecule has 8 heteroatoms. The Kier molecular flexibility index (Phi) is 4.72. The van der Waals surface area contributed by atoms with Crippen molar-refractivity contribution in [2.75, 3.05) is 13.1 Å². The first kappa shape index (κ1) is 17.0. The van der Waals surface area contributed by atoms with Gasteiger partial charge in [0.1, 0.15) is 17.5 Å². The Morgan fingerprint density at radius 3 is 2.74 bits per heavy atom. The van der Waals surface area contributed by atoms with Crippen LogP contribution >= 0.6 is 0 Å². The van der Waals surface area contributed by atoms with Gasteiger partial charge in [-0.1, -0.05) is 0 Å². The van der Waals surface area contributed by atoms with Crippen LogP contribution in [0.5, 0.6) is 5.75 Å². The van der Waals surface area contributed by atoms with Gasteiger partial charge in [0.05, 0.1) is 17.5 Å². The van der Waals surface area contributed by atoms with Gasteiger partial charge in [0.25, 0.3) is 0 Å². The first-order valence-electron chi connectivity index (χ1n) is 7.24. The number of halogens is 1. The fraction of sp³-hybridized carbons (Fsp3) is 0.533. The fourth-order valence-electron chi connectivity index (χ4n) is 2.23. The molecule has 1 atom stereocenters. The number of hydrogen-bond acceptors (Lipinski definition) is 5. The standard InChI is InChI=1S/C15H19FN2O5/c1-15(2,3)23-14(19)17-7-6-11(9-17)22-13-5-4-10(16)8-12(13)18(20)21/h4-5,8,11H,6-7,9H2,1-3H3. The normalized spacial score (nSPS) is 17.9. The molecule has 1 aromatic carbocycles. The van der Waals surface area contributed by atoms with E-state index in [1.165, 1.54) is 11.0 Å². The van der Waals surface area contributed by atoms with Crippen LogP contribution in [0, 0.1) is 15.9 Å². The van der Waals surface area contributed by atoms with Gasteiger partial charge in [0.2, 0.25) is 0 Å². The second-order valence-electron chi connectivity index (χ2n) is 6.32. The summed E-state index contributed by atoms with van der Waals surface area (Å²) in [5, 5.41) is 11.0. The Balaban J connectivity index is 2.01. The maximum atomic E-state index is 13.1. The molecule has 1 aliphatic rings. The molecule has 0 spiro atoms. The van der Waals surface area contributed by atoms with Crippen molar-refractivity contribution in [2.24, 2.45) is 0 Å². The highest BCUT2D eigenvalue weighted by molar-refractivity contribution is 5.68. The minimum absolute atomic E-state index is 0.00700. The third kappa shape index (κ3) is 4.54. The summed E-state index contributed by atoms with van der Waals surface area (Å²) < 4.78 is 24.0. The molecule has 1 saturated heterocycles. The molecule has 0 saturated carbocycles. The topological polar surface area (TPSA) is 81.9 Å². The summed E-state index contributed by atoms with van der Waals surface area (Å²) in [6, 6.07) is 3.14. The molecule has 1 aromatic rings. The van der Waals surface area contributed by atoms with E-state index in [0.717, 1.165) is 12.1 Å². The van der Waals surface area contributed by atoms with Gasteiger partial charge in [-0.25, -0.2) is 9.18 Å². The van der Waals surface area contributed by atoms with Gasteiger partial charge in [-0.05, 0) is 32.9 Å². The second kappa shape index (κ2) is 6.39. The average Bonchev–Trinajstić information content (AvgIpc) is 2.87. The number of carbonyl (C=O) groups excluding carboxylic acids is 1. The van der Waals surface area contributed by atoms with Crippen LogP contribution in [0.3, 0.4) is 0 Å². The van der Waals surface area contributed by atoms with Gasteiger partial charge in [-0.2, -0.15) is 0 Å². The van der Waals surface area contributed by atoms with Gasteiger partial charge >= 0.3 is 11.8 Å². The molecule has 0 aromatic heterocycles. The predicted molar refractivity (Wildman–Crippen MR) is 79.9 cm³/mol. The minimum Gasteiger partial charge on any atom is -0.482 e. The molecule has 0 radical (unpaired) electrons. The largest absolute Gasteiger partial charge is 0.482 e. The number of likely N-dealkylation sites (tertiary alicyclic amines) is 1. The Hall–Kier alpha value is -2.38. The minimum atomic E-state index is -0.703. The van der Waals surface area contributed by atoms with Crippen molar-refractivity contribution in [3.05, 3.63) is 34.1 Å². The summed E-state index contributed by atoms with van der Waals surface area (Å²) in [7, 11) is 0. The molecule has 1 fully saturated rings. The van der Waals surface area contributed by atoms with Gasteiger partial charge in [0, 0.05) is 13.0 Å². The molecule has 7 nitrogen and oxygen atoms in total. The van der Waals surface area contributed by atoms with E-state index in [0.29, 0.717) is 13.0 Å². The van der Waals surface area contributed by atoms with Gasteiger partial charge in [-0.15, -0.1) is 0 Å². The van der Waals surface area contributed by atoms with Crippen LogP contribution in [0.4, 0.5) is 14.9 Å². The van der Waals surface area contributed by atoms with Crippen LogP contribution < -0.4 is 4.74 Å². The maximum Gasteiger partial charge on any atom is 0.410 e. The summed E-state index contributed by atoms with van der Waals surface area (Å²) in [5.74, 6) is -0.710. The van der Waals surface area contributed by atoms with E-state index in [2.05, 4.69) is 0 Å². The van der Waals surface area contributed by atoms with E-state index in [9.17, 15) is 19.3 Å². The Labute approximate surface area is 133 Å². The Bertz CT molecular complexity index is 614.